The zero-order valence-corrected chi connectivity index (χ0v) is 14.6. The monoisotopic (exact) mass is 362 g/mol. The molecule has 1 aromatic carbocycles. The normalized spacial score (nSPS) is 20.9. The highest BCUT2D eigenvalue weighted by Gasteiger charge is 2.39. The van der Waals surface area contributed by atoms with Gasteiger partial charge in [0.2, 0.25) is 5.91 Å². The van der Waals surface area contributed by atoms with Crippen LogP contribution in [0.4, 0.5) is 10.1 Å². The molecule has 1 saturated heterocycles. The Morgan fingerprint density at radius 3 is 2.54 bits per heavy atom. The molecule has 26 heavy (non-hydrogen) atoms. The van der Waals surface area contributed by atoms with E-state index in [1.54, 1.807) is 0 Å². The molecule has 2 amide bonds. The second-order valence-corrected chi connectivity index (χ2v) is 6.90. The number of carbonyl (C=O) groups is 3. The summed E-state index contributed by atoms with van der Waals surface area (Å²) in [7, 11) is 0. The van der Waals surface area contributed by atoms with Crippen LogP contribution in [0.25, 0.3) is 0 Å². The molecule has 0 spiro atoms. The van der Waals surface area contributed by atoms with Crippen LogP contribution >= 0.6 is 0 Å². The third-order valence-electron chi connectivity index (χ3n) is 4.98. The van der Waals surface area contributed by atoms with Crippen LogP contribution < -0.4 is 5.32 Å². The maximum Gasteiger partial charge on any atom is 0.311 e. The van der Waals surface area contributed by atoms with Crippen molar-refractivity contribution in [3.8, 4) is 0 Å². The summed E-state index contributed by atoms with van der Waals surface area (Å²) in [6.45, 7) is -0.0494. The zero-order chi connectivity index (χ0) is 18.5. The molecule has 1 saturated carbocycles. The van der Waals surface area contributed by atoms with Crippen molar-refractivity contribution < 1.29 is 23.5 Å². The molecule has 1 aliphatic heterocycles. The van der Waals surface area contributed by atoms with Crippen LogP contribution in [0.1, 0.15) is 38.5 Å². The van der Waals surface area contributed by atoms with Gasteiger partial charge < -0.3 is 15.0 Å². The van der Waals surface area contributed by atoms with Crippen molar-refractivity contribution in [3.05, 3.63) is 30.1 Å². The van der Waals surface area contributed by atoms with Crippen molar-refractivity contribution >= 4 is 23.5 Å². The fourth-order valence-electron chi connectivity index (χ4n) is 3.62. The standard InChI is InChI=1S/C19H23FN2O4/c20-14-6-8-15(9-7-14)21-17(23)12-26-19(25)13-10-18(24)22(11-13)16-4-2-1-3-5-16/h6-9,13,16H,1-5,10-12H2,(H,21,23)/t13-/m0/s1. The van der Waals surface area contributed by atoms with Gasteiger partial charge in [-0.2, -0.15) is 0 Å². The molecule has 1 heterocycles. The minimum atomic E-state index is -0.522. The zero-order valence-electron chi connectivity index (χ0n) is 14.6. The molecule has 1 aromatic rings. The van der Waals surface area contributed by atoms with E-state index in [9.17, 15) is 18.8 Å². The Labute approximate surface area is 151 Å². The van der Waals surface area contributed by atoms with Crippen LogP contribution in [0, 0.1) is 11.7 Å². The molecule has 140 valence electrons. The molecular formula is C19H23FN2O4. The van der Waals surface area contributed by atoms with Gasteiger partial charge in [0, 0.05) is 24.7 Å². The number of benzene rings is 1. The minimum absolute atomic E-state index is 0.00499. The molecule has 0 unspecified atom stereocenters. The van der Waals surface area contributed by atoms with E-state index >= 15 is 0 Å². The average molecular weight is 362 g/mol. The molecule has 2 aliphatic rings. The van der Waals surface area contributed by atoms with Crippen molar-refractivity contribution in [2.24, 2.45) is 5.92 Å². The van der Waals surface area contributed by atoms with E-state index in [0.29, 0.717) is 12.2 Å². The second-order valence-electron chi connectivity index (χ2n) is 6.90. The number of halogens is 1. The predicted octanol–water partition coefficient (Wildman–Crippen LogP) is 2.49. The summed E-state index contributed by atoms with van der Waals surface area (Å²) in [5.41, 5.74) is 0.423. The van der Waals surface area contributed by atoms with Gasteiger partial charge in [0.15, 0.2) is 6.61 Å². The van der Waals surface area contributed by atoms with E-state index in [-0.39, 0.29) is 18.4 Å². The SMILES string of the molecule is O=C(COC(=O)[C@H]1CC(=O)N(C2CCCCC2)C1)Nc1ccc(F)cc1. The lowest BCUT2D eigenvalue weighted by Crippen LogP contribution is -2.38. The number of amides is 2. The first-order chi connectivity index (χ1) is 12.5. The van der Waals surface area contributed by atoms with Crippen LogP contribution in [0.2, 0.25) is 0 Å². The summed E-state index contributed by atoms with van der Waals surface area (Å²) in [6, 6.07) is 5.53. The Bertz CT molecular complexity index is 671. The summed E-state index contributed by atoms with van der Waals surface area (Å²) in [6.07, 6.45) is 5.57. The highest BCUT2D eigenvalue weighted by atomic mass is 19.1. The number of nitrogens with zero attached hydrogens (tertiary/aromatic N) is 1. The first kappa shape index (κ1) is 18.4. The number of nitrogens with one attached hydrogen (secondary N) is 1. The van der Waals surface area contributed by atoms with E-state index in [2.05, 4.69) is 5.32 Å². The number of hydrogen-bond donors (Lipinski definition) is 1. The number of rotatable bonds is 5. The van der Waals surface area contributed by atoms with Gasteiger partial charge >= 0.3 is 5.97 Å². The Morgan fingerprint density at radius 2 is 1.85 bits per heavy atom. The molecule has 1 atom stereocenters. The highest BCUT2D eigenvalue weighted by molar-refractivity contribution is 5.93. The fraction of sp³-hybridized carbons (Fsp3) is 0.526. The fourth-order valence-corrected chi connectivity index (χ4v) is 3.62. The second kappa shape index (κ2) is 8.29. The lowest BCUT2D eigenvalue weighted by atomic mass is 9.94. The Hall–Kier alpha value is -2.44. The topological polar surface area (TPSA) is 75.7 Å². The third kappa shape index (κ3) is 4.59. The average Bonchev–Trinajstić information content (AvgIpc) is 3.04. The molecule has 7 heteroatoms. The Morgan fingerprint density at radius 1 is 1.15 bits per heavy atom. The summed E-state index contributed by atoms with van der Waals surface area (Å²) < 4.78 is 17.9. The van der Waals surface area contributed by atoms with E-state index in [4.69, 9.17) is 4.74 Å². The number of esters is 1. The van der Waals surface area contributed by atoms with Crippen molar-refractivity contribution in [1.29, 1.82) is 0 Å². The number of likely N-dealkylation sites (tertiary alicyclic amines) is 1. The minimum Gasteiger partial charge on any atom is -0.455 e. The maximum absolute atomic E-state index is 12.8. The number of hydrogen-bond acceptors (Lipinski definition) is 4. The maximum atomic E-state index is 12.8. The third-order valence-corrected chi connectivity index (χ3v) is 4.98. The highest BCUT2D eigenvalue weighted by Crippen LogP contribution is 2.29. The number of anilines is 1. The number of ether oxygens (including phenoxy) is 1. The van der Waals surface area contributed by atoms with Crippen molar-refractivity contribution in [2.45, 2.75) is 44.6 Å². The van der Waals surface area contributed by atoms with Crippen LogP contribution in [-0.4, -0.2) is 41.9 Å². The molecular weight excluding hydrogens is 339 g/mol. The van der Waals surface area contributed by atoms with Gasteiger partial charge in [-0.1, -0.05) is 19.3 Å². The largest absolute Gasteiger partial charge is 0.455 e. The van der Waals surface area contributed by atoms with Gasteiger partial charge in [-0.15, -0.1) is 0 Å². The molecule has 1 N–H and O–H groups in total. The smallest absolute Gasteiger partial charge is 0.311 e. The lowest BCUT2D eigenvalue weighted by molar-refractivity contribution is -0.151. The van der Waals surface area contributed by atoms with Gasteiger partial charge in [-0.05, 0) is 37.1 Å². The van der Waals surface area contributed by atoms with E-state index in [1.165, 1.54) is 30.7 Å². The first-order valence-corrected chi connectivity index (χ1v) is 9.04. The van der Waals surface area contributed by atoms with Gasteiger partial charge in [0.1, 0.15) is 5.82 Å². The summed E-state index contributed by atoms with van der Waals surface area (Å²) >= 11 is 0. The van der Waals surface area contributed by atoms with Gasteiger partial charge in [0.25, 0.3) is 5.91 Å². The van der Waals surface area contributed by atoms with E-state index in [0.717, 1.165) is 25.7 Å². The molecule has 6 nitrogen and oxygen atoms in total. The van der Waals surface area contributed by atoms with Gasteiger partial charge in [0.05, 0.1) is 5.92 Å². The number of carbonyl (C=O) groups excluding carboxylic acids is 3. The van der Waals surface area contributed by atoms with Gasteiger partial charge in [-0.25, -0.2) is 4.39 Å². The van der Waals surface area contributed by atoms with E-state index < -0.39 is 30.2 Å². The predicted molar refractivity (Wildman–Crippen MR) is 92.7 cm³/mol. The van der Waals surface area contributed by atoms with E-state index in [1.807, 2.05) is 4.90 Å². The van der Waals surface area contributed by atoms with Crippen molar-refractivity contribution in [3.63, 3.8) is 0 Å². The van der Waals surface area contributed by atoms with Crippen LogP contribution in [0.5, 0.6) is 0 Å². The summed E-state index contributed by atoms with van der Waals surface area (Å²) in [5.74, 6) is -1.94. The molecule has 0 aromatic heterocycles. The summed E-state index contributed by atoms with van der Waals surface area (Å²) in [5, 5.41) is 2.52. The lowest BCUT2D eigenvalue weighted by Gasteiger charge is -2.31. The van der Waals surface area contributed by atoms with Crippen LogP contribution in [-0.2, 0) is 19.1 Å². The molecule has 2 fully saturated rings. The molecule has 1 aliphatic carbocycles. The molecule has 0 bridgehead atoms. The Kier molecular flexibility index (Phi) is 5.85. The van der Waals surface area contributed by atoms with Crippen LogP contribution in [0.3, 0.4) is 0 Å². The first-order valence-electron chi connectivity index (χ1n) is 9.04. The van der Waals surface area contributed by atoms with Crippen LogP contribution in [0.15, 0.2) is 24.3 Å². The molecule has 0 radical (unpaired) electrons. The van der Waals surface area contributed by atoms with Crippen molar-refractivity contribution in [1.82, 2.24) is 4.90 Å². The summed E-state index contributed by atoms with van der Waals surface area (Å²) in [4.78, 5) is 38.0. The Balaban J connectivity index is 1.45. The molecule has 3 rings (SSSR count). The quantitative estimate of drug-likeness (QED) is 0.817. The van der Waals surface area contributed by atoms with Gasteiger partial charge in [-0.3, -0.25) is 14.4 Å². The van der Waals surface area contributed by atoms with Crippen molar-refractivity contribution in [2.75, 3.05) is 18.5 Å².